The molecule has 2 aromatic rings. The van der Waals surface area contributed by atoms with Crippen LogP contribution in [0.3, 0.4) is 0 Å². The number of oxazole rings is 1. The molecule has 0 bridgehead atoms. The third-order valence-electron chi connectivity index (χ3n) is 2.82. The normalized spacial score (nSPS) is 11.7. The number of nitriles is 1. The molecule has 0 unspecified atom stereocenters. The molecule has 0 saturated heterocycles. The molecule has 0 amide bonds. The monoisotopic (exact) mass is 243 g/mol. The Balaban J connectivity index is 2.02. The fourth-order valence-electron chi connectivity index (χ4n) is 1.80. The molecule has 0 atom stereocenters. The first-order chi connectivity index (χ1) is 8.50. The Hall–Kier alpha value is -1.86. The molecule has 0 aliphatic heterocycles. The van der Waals surface area contributed by atoms with E-state index in [1.165, 1.54) is 5.56 Å². The maximum absolute atomic E-state index is 8.90. The van der Waals surface area contributed by atoms with Crippen molar-refractivity contribution in [3.63, 3.8) is 0 Å². The van der Waals surface area contributed by atoms with Gasteiger partial charge in [-0.15, -0.1) is 0 Å². The Morgan fingerprint density at radius 1 is 1.44 bits per heavy atom. The molecule has 0 aliphatic rings. The number of nitrogens with zero attached hydrogens (tertiary/aromatic N) is 2. The summed E-state index contributed by atoms with van der Waals surface area (Å²) in [6, 6.07) is 8.24. The van der Waals surface area contributed by atoms with E-state index in [0.29, 0.717) is 5.89 Å². The molecule has 0 radical (unpaired) electrons. The van der Waals surface area contributed by atoms with Gasteiger partial charge in [0.25, 0.3) is 0 Å². The van der Waals surface area contributed by atoms with Crippen LogP contribution in [-0.2, 0) is 6.42 Å². The molecule has 0 saturated carbocycles. The molecule has 0 spiro atoms. The molecular weight excluding hydrogens is 226 g/mol. The van der Waals surface area contributed by atoms with E-state index in [1.807, 2.05) is 39.0 Å². The van der Waals surface area contributed by atoms with Crippen molar-refractivity contribution in [1.82, 2.24) is 10.3 Å². The predicted octanol–water partition coefficient (Wildman–Crippen LogP) is 2.57. The van der Waals surface area contributed by atoms with Crippen molar-refractivity contribution in [3.8, 4) is 6.07 Å². The fourth-order valence-corrected chi connectivity index (χ4v) is 1.80. The first kappa shape index (κ1) is 12.6. The summed E-state index contributed by atoms with van der Waals surface area (Å²) in [5.41, 5.74) is 2.43. The maximum Gasteiger partial charge on any atom is 0.192 e. The van der Waals surface area contributed by atoms with Gasteiger partial charge in [0.05, 0.1) is 6.07 Å². The third-order valence-corrected chi connectivity index (χ3v) is 2.82. The van der Waals surface area contributed by atoms with E-state index in [1.54, 1.807) is 0 Å². The van der Waals surface area contributed by atoms with Gasteiger partial charge in [-0.3, -0.25) is 5.32 Å². The van der Waals surface area contributed by atoms with Crippen LogP contribution in [0.1, 0.15) is 25.3 Å². The molecule has 1 N–H and O–H groups in total. The third kappa shape index (κ3) is 2.88. The number of fused-ring (bicyclic) bond motifs is 1. The summed E-state index contributed by atoms with van der Waals surface area (Å²) in [7, 11) is 0. The minimum absolute atomic E-state index is 0.478. The van der Waals surface area contributed by atoms with Crippen LogP contribution in [0.4, 0.5) is 0 Å². The van der Waals surface area contributed by atoms with Gasteiger partial charge in [0.1, 0.15) is 11.1 Å². The minimum atomic E-state index is -0.478. The second kappa shape index (κ2) is 4.79. The molecule has 1 aromatic heterocycles. The van der Waals surface area contributed by atoms with Gasteiger partial charge < -0.3 is 4.42 Å². The van der Waals surface area contributed by atoms with Gasteiger partial charge in [-0.25, -0.2) is 4.98 Å². The highest BCUT2D eigenvalue weighted by atomic mass is 16.3. The summed E-state index contributed by atoms with van der Waals surface area (Å²) >= 11 is 0. The van der Waals surface area contributed by atoms with Crippen molar-refractivity contribution < 1.29 is 4.42 Å². The van der Waals surface area contributed by atoms with E-state index in [2.05, 4.69) is 16.4 Å². The highest BCUT2D eigenvalue weighted by Gasteiger charge is 2.14. The van der Waals surface area contributed by atoms with Crippen LogP contribution >= 0.6 is 0 Å². The van der Waals surface area contributed by atoms with Crippen LogP contribution in [0.5, 0.6) is 0 Å². The number of aromatic nitrogens is 1. The number of benzene rings is 1. The van der Waals surface area contributed by atoms with Crippen LogP contribution in [0.15, 0.2) is 22.6 Å². The summed E-state index contributed by atoms with van der Waals surface area (Å²) < 4.78 is 5.43. The Bertz CT molecular complexity index is 593. The van der Waals surface area contributed by atoms with E-state index in [4.69, 9.17) is 9.68 Å². The molecular formula is C14H17N3O. The average Bonchev–Trinajstić information content (AvgIpc) is 2.68. The number of hydrogen-bond donors (Lipinski definition) is 1. The van der Waals surface area contributed by atoms with E-state index >= 15 is 0 Å². The van der Waals surface area contributed by atoms with E-state index in [0.717, 1.165) is 24.1 Å². The lowest BCUT2D eigenvalue weighted by Gasteiger charge is -2.17. The lowest BCUT2D eigenvalue weighted by Crippen LogP contribution is -2.38. The predicted molar refractivity (Wildman–Crippen MR) is 70.1 cm³/mol. The minimum Gasteiger partial charge on any atom is -0.441 e. The average molecular weight is 243 g/mol. The smallest absolute Gasteiger partial charge is 0.192 e. The second-order valence-electron chi connectivity index (χ2n) is 4.95. The van der Waals surface area contributed by atoms with E-state index < -0.39 is 5.54 Å². The number of rotatable bonds is 4. The standard InChI is InChI=1S/C14H17N3O/c1-10-17-12-8-11(4-5-13(12)18-10)6-7-16-14(2,3)9-15/h4-5,8,16H,6-7H2,1-3H3. The molecule has 0 aliphatic carbocycles. The van der Waals surface area contributed by atoms with Crippen LogP contribution in [-0.4, -0.2) is 17.1 Å². The highest BCUT2D eigenvalue weighted by molar-refractivity contribution is 5.73. The lowest BCUT2D eigenvalue weighted by molar-refractivity contribution is 0.490. The van der Waals surface area contributed by atoms with Crippen molar-refractivity contribution in [2.75, 3.05) is 6.54 Å². The maximum atomic E-state index is 8.90. The van der Waals surface area contributed by atoms with Gasteiger partial charge in [0.15, 0.2) is 11.5 Å². The fraction of sp³-hybridized carbons (Fsp3) is 0.429. The second-order valence-corrected chi connectivity index (χ2v) is 4.95. The number of nitrogens with one attached hydrogen (secondary N) is 1. The molecule has 18 heavy (non-hydrogen) atoms. The summed E-state index contributed by atoms with van der Waals surface area (Å²) in [6.07, 6.45) is 0.868. The van der Waals surface area contributed by atoms with Crippen molar-refractivity contribution in [2.45, 2.75) is 32.7 Å². The van der Waals surface area contributed by atoms with E-state index in [-0.39, 0.29) is 0 Å². The molecule has 1 aromatic carbocycles. The van der Waals surface area contributed by atoms with Gasteiger partial charge in [-0.1, -0.05) is 6.07 Å². The van der Waals surface area contributed by atoms with Gasteiger partial charge >= 0.3 is 0 Å². The number of hydrogen-bond acceptors (Lipinski definition) is 4. The summed E-state index contributed by atoms with van der Waals surface area (Å²) in [5, 5.41) is 12.1. The molecule has 4 nitrogen and oxygen atoms in total. The summed E-state index contributed by atoms with van der Waals surface area (Å²) in [4.78, 5) is 4.31. The first-order valence-electron chi connectivity index (χ1n) is 6.02. The van der Waals surface area contributed by atoms with Gasteiger partial charge in [-0.2, -0.15) is 5.26 Å². The van der Waals surface area contributed by atoms with Crippen molar-refractivity contribution >= 4 is 11.1 Å². The molecule has 4 heteroatoms. The SMILES string of the molecule is Cc1nc2cc(CCNC(C)(C)C#N)ccc2o1. The van der Waals surface area contributed by atoms with Crippen LogP contribution in [0.2, 0.25) is 0 Å². The Kier molecular flexibility index (Phi) is 3.35. The summed E-state index contributed by atoms with van der Waals surface area (Å²) in [6.45, 7) is 6.36. The van der Waals surface area contributed by atoms with Crippen LogP contribution < -0.4 is 5.32 Å². The zero-order valence-corrected chi connectivity index (χ0v) is 10.9. The highest BCUT2D eigenvalue weighted by Crippen LogP contribution is 2.17. The van der Waals surface area contributed by atoms with Crippen LogP contribution in [0.25, 0.3) is 11.1 Å². The number of aryl methyl sites for hydroxylation is 1. The van der Waals surface area contributed by atoms with Crippen molar-refractivity contribution in [1.29, 1.82) is 5.26 Å². The van der Waals surface area contributed by atoms with Crippen molar-refractivity contribution in [3.05, 3.63) is 29.7 Å². The van der Waals surface area contributed by atoms with E-state index in [9.17, 15) is 0 Å². The van der Waals surface area contributed by atoms with Gasteiger partial charge in [0.2, 0.25) is 0 Å². The molecule has 0 fully saturated rings. The molecule has 94 valence electrons. The zero-order valence-electron chi connectivity index (χ0n) is 10.9. The Labute approximate surface area is 107 Å². The first-order valence-corrected chi connectivity index (χ1v) is 6.02. The Morgan fingerprint density at radius 3 is 2.94 bits per heavy atom. The largest absolute Gasteiger partial charge is 0.441 e. The summed E-state index contributed by atoms with van der Waals surface area (Å²) in [5.74, 6) is 0.686. The quantitative estimate of drug-likeness (QED) is 0.896. The topological polar surface area (TPSA) is 61.9 Å². The Morgan fingerprint density at radius 2 is 2.22 bits per heavy atom. The molecule has 2 rings (SSSR count). The lowest BCUT2D eigenvalue weighted by atomic mass is 10.1. The van der Waals surface area contributed by atoms with Gasteiger partial charge in [-0.05, 0) is 38.0 Å². The molecule has 1 heterocycles. The van der Waals surface area contributed by atoms with Crippen molar-refractivity contribution in [2.24, 2.45) is 0 Å². The van der Waals surface area contributed by atoms with Crippen LogP contribution in [0, 0.1) is 18.3 Å². The zero-order chi connectivity index (χ0) is 13.2. The van der Waals surface area contributed by atoms with Gasteiger partial charge in [0, 0.05) is 13.5 Å².